The Bertz CT molecular complexity index is 3210. The van der Waals surface area contributed by atoms with Crippen LogP contribution in [0.3, 0.4) is 0 Å². The zero-order valence-corrected chi connectivity index (χ0v) is 30.6. The van der Waals surface area contributed by atoms with Gasteiger partial charge in [-0.3, -0.25) is 0 Å². The van der Waals surface area contributed by atoms with Crippen molar-refractivity contribution in [1.29, 1.82) is 0 Å². The molecular formula is C52H33NOS. The summed E-state index contributed by atoms with van der Waals surface area (Å²) >= 11 is 1.86. The van der Waals surface area contributed by atoms with Crippen molar-refractivity contribution in [2.75, 3.05) is 4.90 Å². The summed E-state index contributed by atoms with van der Waals surface area (Å²) in [4.78, 5) is 2.36. The topological polar surface area (TPSA) is 16.4 Å². The van der Waals surface area contributed by atoms with Gasteiger partial charge in [-0.15, -0.1) is 11.3 Å². The van der Waals surface area contributed by atoms with Crippen molar-refractivity contribution >= 4 is 81.3 Å². The molecule has 0 N–H and O–H groups in total. The molecule has 0 spiro atoms. The highest BCUT2D eigenvalue weighted by Crippen LogP contribution is 2.41. The summed E-state index contributed by atoms with van der Waals surface area (Å²) < 4.78 is 9.05. The molecule has 0 saturated carbocycles. The van der Waals surface area contributed by atoms with Crippen molar-refractivity contribution < 1.29 is 4.42 Å². The fraction of sp³-hybridized carbons (Fsp3) is 0. The van der Waals surface area contributed by atoms with Gasteiger partial charge in [0.1, 0.15) is 11.2 Å². The number of furan rings is 1. The molecule has 0 unspecified atom stereocenters. The monoisotopic (exact) mass is 719 g/mol. The molecule has 0 fully saturated rings. The predicted molar refractivity (Wildman–Crippen MR) is 235 cm³/mol. The molecule has 2 aromatic heterocycles. The molecule has 11 rings (SSSR count). The maximum atomic E-state index is 6.41. The molecule has 0 aliphatic carbocycles. The Morgan fingerprint density at radius 1 is 0.345 bits per heavy atom. The molecule has 9 aromatic carbocycles. The minimum atomic E-state index is 0.909. The molecule has 0 amide bonds. The van der Waals surface area contributed by atoms with E-state index in [0.717, 1.165) is 50.1 Å². The number of nitrogens with zero attached hydrogens (tertiary/aromatic N) is 1. The third-order valence-corrected chi connectivity index (χ3v) is 12.0. The van der Waals surface area contributed by atoms with Gasteiger partial charge in [-0.1, -0.05) is 140 Å². The molecule has 2 heterocycles. The number of rotatable bonds is 6. The number of benzene rings is 9. The first kappa shape index (κ1) is 31.6. The van der Waals surface area contributed by atoms with Crippen molar-refractivity contribution in [3.8, 4) is 33.4 Å². The van der Waals surface area contributed by atoms with Crippen LogP contribution >= 0.6 is 11.3 Å². The van der Waals surface area contributed by atoms with Crippen molar-refractivity contribution in [2.45, 2.75) is 0 Å². The Hall–Kier alpha value is -6.94. The molecule has 0 radical (unpaired) electrons. The highest BCUT2D eigenvalue weighted by atomic mass is 32.1. The van der Waals surface area contributed by atoms with E-state index in [-0.39, 0.29) is 0 Å². The van der Waals surface area contributed by atoms with E-state index in [1.165, 1.54) is 53.2 Å². The van der Waals surface area contributed by atoms with E-state index in [2.05, 4.69) is 193 Å². The zero-order valence-electron chi connectivity index (χ0n) is 29.8. The Labute approximate surface area is 322 Å². The summed E-state index contributed by atoms with van der Waals surface area (Å²) in [5.74, 6) is 0. The van der Waals surface area contributed by atoms with Gasteiger partial charge in [-0.05, 0) is 99.3 Å². The Morgan fingerprint density at radius 3 is 1.82 bits per heavy atom. The smallest absolute Gasteiger partial charge is 0.143 e. The maximum absolute atomic E-state index is 6.41. The Morgan fingerprint density at radius 2 is 0.964 bits per heavy atom. The normalized spacial score (nSPS) is 11.6. The van der Waals surface area contributed by atoms with Crippen LogP contribution in [0.5, 0.6) is 0 Å². The van der Waals surface area contributed by atoms with E-state index < -0.39 is 0 Å². The molecule has 0 aliphatic rings. The third-order valence-electron chi connectivity index (χ3n) is 10.9. The van der Waals surface area contributed by atoms with Crippen LogP contribution in [0.1, 0.15) is 0 Å². The lowest BCUT2D eigenvalue weighted by Gasteiger charge is -2.26. The maximum Gasteiger partial charge on any atom is 0.143 e. The molecule has 0 atom stereocenters. The summed E-state index contributed by atoms with van der Waals surface area (Å²) in [6.07, 6.45) is 0. The summed E-state index contributed by atoms with van der Waals surface area (Å²) in [5.41, 5.74) is 12.1. The molecule has 258 valence electrons. The molecule has 3 heteroatoms. The number of fused-ring (bicyclic) bond motifs is 7. The highest BCUT2D eigenvalue weighted by Gasteiger charge is 2.17. The van der Waals surface area contributed by atoms with Crippen molar-refractivity contribution in [1.82, 2.24) is 0 Å². The zero-order chi connectivity index (χ0) is 36.3. The van der Waals surface area contributed by atoms with E-state index in [1.807, 2.05) is 23.5 Å². The second-order valence-electron chi connectivity index (χ2n) is 14.1. The lowest BCUT2D eigenvalue weighted by atomic mass is 9.99. The fourth-order valence-corrected chi connectivity index (χ4v) is 9.26. The number of thiophene rings is 1. The van der Waals surface area contributed by atoms with Gasteiger partial charge in [0.15, 0.2) is 0 Å². The lowest BCUT2D eigenvalue weighted by molar-refractivity contribution is 0.670. The summed E-state index contributed by atoms with van der Waals surface area (Å²) in [7, 11) is 0. The van der Waals surface area contributed by atoms with E-state index in [0.29, 0.717) is 0 Å². The molecule has 0 aliphatic heterocycles. The van der Waals surface area contributed by atoms with Gasteiger partial charge >= 0.3 is 0 Å². The van der Waals surface area contributed by atoms with Crippen LogP contribution in [0.25, 0.3) is 86.3 Å². The average molecular weight is 720 g/mol. The SMILES string of the molecule is c1cc(-c2ccc3ccccc3c2)cc(N(c2ccc(-c3ccc4c(c3)sc3ccccc34)cc2)c2ccc(-c3cccc4c3oc3ccccc34)cc2)c1. The molecule has 0 bridgehead atoms. The van der Waals surface area contributed by atoms with Crippen molar-refractivity contribution in [3.05, 3.63) is 200 Å². The van der Waals surface area contributed by atoms with Gasteiger partial charge in [0.2, 0.25) is 0 Å². The van der Waals surface area contributed by atoms with Crippen LogP contribution in [0.2, 0.25) is 0 Å². The summed E-state index contributed by atoms with van der Waals surface area (Å²) in [6.45, 7) is 0. The van der Waals surface area contributed by atoms with Crippen LogP contribution in [0.4, 0.5) is 17.1 Å². The first-order chi connectivity index (χ1) is 27.2. The standard InChI is InChI=1S/C52H33NOS/c1-2-10-37-31-39(20-19-34(37)9-1)38-11-7-12-43(32-38)53(41-26-21-35(22-27-41)40-25-30-47-46-14-4-6-18-50(46)55-51(47)33-40)42-28-23-36(24-29-42)44-15-8-16-48-45-13-3-5-17-49(45)54-52(44)48/h1-33H. The van der Waals surface area contributed by atoms with E-state index in [1.54, 1.807) is 0 Å². The first-order valence-corrected chi connectivity index (χ1v) is 19.5. The molecular weight excluding hydrogens is 687 g/mol. The second kappa shape index (κ2) is 12.9. The van der Waals surface area contributed by atoms with Gasteiger partial charge in [0.05, 0.1) is 0 Å². The summed E-state index contributed by atoms with van der Waals surface area (Å²) in [6, 6.07) is 72.2. The van der Waals surface area contributed by atoms with Crippen molar-refractivity contribution in [3.63, 3.8) is 0 Å². The fourth-order valence-electron chi connectivity index (χ4n) is 8.11. The molecule has 11 aromatic rings. The molecule has 2 nitrogen and oxygen atoms in total. The van der Waals surface area contributed by atoms with Crippen LogP contribution in [-0.4, -0.2) is 0 Å². The number of hydrogen-bond donors (Lipinski definition) is 0. The van der Waals surface area contributed by atoms with Crippen LogP contribution in [0, 0.1) is 0 Å². The van der Waals surface area contributed by atoms with E-state index in [4.69, 9.17) is 4.42 Å². The van der Waals surface area contributed by atoms with Gasteiger partial charge in [-0.25, -0.2) is 0 Å². The summed E-state index contributed by atoms with van der Waals surface area (Å²) in [5, 5.41) is 7.40. The highest BCUT2D eigenvalue weighted by molar-refractivity contribution is 7.25. The average Bonchev–Trinajstić information content (AvgIpc) is 3.82. The minimum absolute atomic E-state index is 0.909. The van der Waals surface area contributed by atoms with Crippen LogP contribution in [-0.2, 0) is 0 Å². The van der Waals surface area contributed by atoms with Gasteiger partial charge in [0.25, 0.3) is 0 Å². The quantitative estimate of drug-likeness (QED) is 0.170. The Kier molecular flexibility index (Phi) is 7.39. The van der Waals surface area contributed by atoms with Gasteiger partial charge in [0, 0.05) is 53.6 Å². The molecule has 0 saturated heterocycles. The van der Waals surface area contributed by atoms with Crippen LogP contribution in [0.15, 0.2) is 205 Å². The van der Waals surface area contributed by atoms with Crippen LogP contribution < -0.4 is 4.90 Å². The number of hydrogen-bond acceptors (Lipinski definition) is 3. The lowest BCUT2D eigenvalue weighted by Crippen LogP contribution is -2.10. The first-order valence-electron chi connectivity index (χ1n) is 18.7. The Balaban J connectivity index is 1.00. The van der Waals surface area contributed by atoms with E-state index >= 15 is 0 Å². The number of anilines is 3. The number of para-hydroxylation sites is 2. The van der Waals surface area contributed by atoms with Crippen molar-refractivity contribution in [2.24, 2.45) is 0 Å². The second-order valence-corrected chi connectivity index (χ2v) is 15.2. The van der Waals surface area contributed by atoms with E-state index in [9.17, 15) is 0 Å². The van der Waals surface area contributed by atoms with Gasteiger partial charge in [-0.2, -0.15) is 0 Å². The van der Waals surface area contributed by atoms with Gasteiger partial charge < -0.3 is 9.32 Å². The third kappa shape index (κ3) is 5.48. The predicted octanol–water partition coefficient (Wildman–Crippen LogP) is 15.6. The minimum Gasteiger partial charge on any atom is -0.455 e. The molecule has 55 heavy (non-hydrogen) atoms. The largest absolute Gasteiger partial charge is 0.455 e.